The summed E-state index contributed by atoms with van der Waals surface area (Å²) in [6.07, 6.45) is 3.90. The van der Waals surface area contributed by atoms with E-state index >= 15 is 0 Å². The molecular formula is C26H32N4O5S. The lowest BCUT2D eigenvalue weighted by molar-refractivity contribution is -0.135. The number of amides is 4. The number of furan rings is 1. The minimum Gasteiger partial charge on any atom is -0.459 e. The van der Waals surface area contributed by atoms with Crippen LogP contribution in [0.1, 0.15) is 36.7 Å². The number of carbonyl (C=O) groups is 4. The van der Waals surface area contributed by atoms with Gasteiger partial charge in [-0.25, -0.2) is 0 Å². The van der Waals surface area contributed by atoms with E-state index in [0.717, 1.165) is 24.2 Å². The molecule has 2 aliphatic heterocycles. The van der Waals surface area contributed by atoms with Gasteiger partial charge in [-0.3, -0.25) is 19.2 Å². The first-order chi connectivity index (χ1) is 17.3. The van der Waals surface area contributed by atoms with Crippen LogP contribution >= 0.6 is 11.8 Å². The van der Waals surface area contributed by atoms with Crippen LogP contribution in [0.2, 0.25) is 0 Å². The Hall–Kier alpha value is -3.27. The van der Waals surface area contributed by atoms with Crippen LogP contribution in [-0.2, 0) is 14.4 Å². The van der Waals surface area contributed by atoms with Gasteiger partial charge in [-0.05, 0) is 48.9 Å². The Kier molecular flexibility index (Phi) is 8.35. The largest absolute Gasteiger partial charge is 0.459 e. The van der Waals surface area contributed by atoms with E-state index in [4.69, 9.17) is 4.42 Å². The van der Waals surface area contributed by atoms with Crippen molar-refractivity contribution in [2.75, 3.05) is 38.5 Å². The molecule has 0 radical (unpaired) electrons. The summed E-state index contributed by atoms with van der Waals surface area (Å²) in [7, 11) is 0. The molecule has 2 saturated heterocycles. The number of likely N-dealkylation sites (tertiary alicyclic amines) is 2. The number of benzene rings is 1. The third-order valence-corrected chi connectivity index (χ3v) is 8.01. The van der Waals surface area contributed by atoms with Crippen LogP contribution in [0, 0.1) is 5.41 Å². The molecule has 1 unspecified atom stereocenters. The van der Waals surface area contributed by atoms with Gasteiger partial charge in [0.05, 0.1) is 12.8 Å². The summed E-state index contributed by atoms with van der Waals surface area (Å²) >= 11 is 1.55. The van der Waals surface area contributed by atoms with Crippen molar-refractivity contribution in [2.45, 2.75) is 37.1 Å². The van der Waals surface area contributed by atoms with Gasteiger partial charge >= 0.3 is 0 Å². The molecule has 1 aromatic heterocycles. The molecule has 0 saturated carbocycles. The molecular weight excluding hydrogens is 480 g/mol. The Morgan fingerprint density at radius 1 is 1.00 bits per heavy atom. The van der Waals surface area contributed by atoms with Crippen LogP contribution in [0.5, 0.6) is 0 Å². The molecule has 1 aromatic carbocycles. The highest BCUT2D eigenvalue weighted by molar-refractivity contribution is 7.99. The molecule has 4 rings (SSSR count). The van der Waals surface area contributed by atoms with Gasteiger partial charge in [0.2, 0.25) is 17.7 Å². The van der Waals surface area contributed by atoms with Crippen molar-refractivity contribution in [3.63, 3.8) is 0 Å². The smallest absolute Gasteiger partial charge is 0.287 e. The Balaban J connectivity index is 1.27. The van der Waals surface area contributed by atoms with Crippen molar-refractivity contribution in [1.82, 2.24) is 20.4 Å². The normalized spacial score (nSPS) is 17.6. The van der Waals surface area contributed by atoms with Gasteiger partial charge in [0.15, 0.2) is 5.76 Å². The quantitative estimate of drug-likeness (QED) is 0.525. The van der Waals surface area contributed by atoms with Crippen molar-refractivity contribution in [1.29, 1.82) is 0 Å². The van der Waals surface area contributed by atoms with Crippen molar-refractivity contribution in [2.24, 2.45) is 5.41 Å². The fourth-order valence-electron chi connectivity index (χ4n) is 4.86. The number of nitrogens with zero attached hydrogens (tertiary/aromatic N) is 2. The van der Waals surface area contributed by atoms with E-state index in [9.17, 15) is 19.2 Å². The molecule has 2 N–H and O–H groups in total. The maximum absolute atomic E-state index is 13.3. The number of rotatable bonds is 8. The highest BCUT2D eigenvalue weighted by Gasteiger charge is 2.43. The van der Waals surface area contributed by atoms with Gasteiger partial charge in [0, 0.05) is 43.8 Å². The Bertz CT molecular complexity index is 1070. The summed E-state index contributed by atoms with van der Waals surface area (Å²) in [5.74, 6) is -0.162. The van der Waals surface area contributed by atoms with Crippen molar-refractivity contribution >= 4 is 35.4 Å². The molecule has 2 aromatic rings. The third-order valence-electron chi connectivity index (χ3n) is 6.91. The van der Waals surface area contributed by atoms with E-state index < -0.39 is 11.9 Å². The Morgan fingerprint density at radius 3 is 2.33 bits per heavy atom. The molecule has 3 heterocycles. The molecule has 1 atom stereocenters. The first-order valence-electron chi connectivity index (χ1n) is 12.2. The van der Waals surface area contributed by atoms with Crippen LogP contribution < -0.4 is 10.6 Å². The van der Waals surface area contributed by atoms with Crippen molar-refractivity contribution < 1.29 is 23.6 Å². The van der Waals surface area contributed by atoms with Crippen molar-refractivity contribution in [3.05, 3.63) is 54.5 Å². The van der Waals surface area contributed by atoms with Crippen LogP contribution in [0.15, 0.2) is 58.0 Å². The van der Waals surface area contributed by atoms with Gasteiger partial charge in [0.1, 0.15) is 6.04 Å². The molecule has 36 heavy (non-hydrogen) atoms. The molecule has 0 bridgehead atoms. The topological polar surface area (TPSA) is 112 Å². The van der Waals surface area contributed by atoms with E-state index in [2.05, 4.69) is 10.6 Å². The van der Waals surface area contributed by atoms with E-state index in [0.29, 0.717) is 31.9 Å². The first-order valence-corrected chi connectivity index (χ1v) is 13.2. The standard InChI is InChI=1S/C26H32N4O5S/c1-19(31)28-21(17-36-20-6-3-2-4-7-20)25(34)30-14-11-26(18-30)9-12-29(13-10-26)23(32)16-27-24(33)22-8-5-15-35-22/h2-8,15,21H,9-14,16-18H2,1H3,(H,27,33)(H,28,31). The number of hydrogen-bond acceptors (Lipinski definition) is 6. The third kappa shape index (κ3) is 6.48. The SMILES string of the molecule is CC(=O)NC(CSc1ccccc1)C(=O)N1CCC2(CCN(C(=O)CNC(=O)c3ccco3)CC2)C1. The predicted molar refractivity (Wildman–Crippen MR) is 135 cm³/mol. The zero-order chi connectivity index (χ0) is 25.5. The lowest BCUT2D eigenvalue weighted by Gasteiger charge is -2.39. The van der Waals surface area contributed by atoms with Gasteiger partial charge in [-0.2, -0.15) is 0 Å². The molecule has 1 spiro atoms. The Labute approximate surface area is 214 Å². The van der Waals surface area contributed by atoms with Crippen LogP contribution in [0.4, 0.5) is 0 Å². The summed E-state index contributed by atoms with van der Waals surface area (Å²) in [4.78, 5) is 54.4. The molecule has 192 valence electrons. The lowest BCUT2D eigenvalue weighted by atomic mass is 9.78. The van der Waals surface area contributed by atoms with E-state index in [1.807, 2.05) is 35.2 Å². The number of thioether (sulfide) groups is 1. The zero-order valence-corrected chi connectivity index (χ0v) is 21.2. The van der Waals surface area contributed by atoms with Gasteiger partial charge in [0.25, 0.3) is 5.91 Å². The molecule has 4 amide bonds. The number of nitrogens with one attached hydrogen (secondary N) is 2. The highest BCUT2D eigenvalue weighted by atomic mass is 32.2. The van der Waals surface area contributed by atoms with E-state index in [1.165, 1.54) is 13.2 Å². The van der Waals surface area contributed by atoms with E-state index in [1.54, 1.807) is 28.8 Å². The van der Waals surface area contributed by atoms with E-state index in [-0.39, 0.29) is 35.4 Å². The van der Waals surface area contributed by atoms with Crippen molar-refractivity contribution in [3.8, 4) is 0 Å². The fourth-order valence-corrected chi connectivity index (χ4v) is 5.80. The number of carbonyl (C=O) groups excluding carboxylic acids is 4. The second-order valence-corrected chi connectivity index (χ2v) is 10.5. The molecule has 2 aliphatic rings. The molecule has 10 heteroatoms. The predicted octanol–water partition coefficient (Wildman–Crippen LogP) is 2.15. The molecule has 2 fully saturated rings. The molecule has 0 aliphatic carbocycles. The summed E-state index contributed by atoms with van der Waals surface area (Å²) in [5, 5.41) is 5.43. The number of hydrogen-bond donors (Lipinski definition) is 2. The second kappa shape index (κ2) is 11.6. The Morgan fingerprint density at radius 2 is 1.69 bits per heavy atom. The average Bonchev–Trinajstić information content (AvgIpc) is 3.56. The second-order valence-electron chi connectivity index (χ2n) is 9.43. The first kappa shape index (κ1) is 25.8. The van der Waals surface area contributed by atoms with Gasteiger partial charge < -0.3 is 24.9 Å². The molecule has 9 nitrogen and oxygen atoms in total. The van der Waals surface area contributed by atoms with Crippen LogP contribution in [0.3, 0.4) is 0 Å². The average molecular weight is 513 g/mol. The number of piperidine rings is 1. The maximum atomic E-state index is 13.3. The minimum absolute atomic E-state index is 0.0167. The van der Waals surface area contributed by atoms with Gasteiger partial charge in [-0.15, -0.1) is 11.8 Å². The van der Waals surface area contributed by atoms with Gasteiger partial charge in [-0.1, -0.05) is 18.2 Å². The highest BCUT2D eigenvalue weighted by Crippen LogP contribution is 2.40. The fraction of sp³-hybridized carbons (Fsp3) is 0.462. The van der Waals surface area contributed by atoms with Crippen LogP contribution in [-0.4, -0.2) is 77.9 Å². The summed E-state index contributed by atoms with van der Waals surface area (Å²) < 4.78 is 5.05. The monoisotopic (exact) mass is 512 g/mol. The van der Waals surface area contributed by atoms with Crippen LogP contribution in [0.25, 0.3) is 0 Å². The maximum Gasteiger partial charge on any atom is 0.287 e. The zero-order valence-electron chi connectivity index (χ0n) is 20.4. The summed E-state index contributed by atoms with van der Waals surface area (Å²) in [6, 6.07) is 12.4. The minimum atomic E-state index is -0.581. The lowest BCUT2D eigenvalue weighted by Crippen LogP contribution is -2.50. The summed E-state index contributed by atoms with van der Waals surface area (Å²) in [6.45, 7) is 3.83. The summed E-state index contributed by atoms with van der Waals surface area (Å²) in [5.41, 5.74) is -0.0167.